The number of rotatable bonds is 4. The molecule has 0 bridgehead atoms. The van der Waals surface area contributed by atoms with Crippen molar-refractivity contribution in [1.82, 2.24) is 0 Å². The Morgan fingerprint density at radius 2 is 1.43 bits per heavy atom. The Morgan fingerprint density at radius 3 is 2.04 bits per heavy atom. The molecule has 0 aliphatic rings. The van der Waals surface area contributed by atoms with Gasteiger partial charge in [-0.25, -0.2) is 16.8 Å². The first-order valence-corrected chi connectivity index (χ1v) is 10.3. The van der Waals surface area contributed by atoms with E-state index in [0.29, 0.717) is 11.1 Å². The lowest BCUT2D eigenvalue weighted by Crippen LogP contribution is -2.15. The Hall–Kier alpha value is -1.86. The zero-order valence-electron chi connectivity index (χ0n) is 13.4. The Labute approximate surface area is 137 Å². The minimum atomic E-state index is -3.80. The van der Waals surface area contributed by atoms with Crippen LogP contribution in [0.25, 0.3) is 0 Å². The lowest BCUT2D eigenvalue weighted by molar-refractivity contribution is 0.598. The van der Waals surface area contributed by atoms with Gasteiger partial charge in [0, 0.05) is 6.26 Å². The SMILES string of the molecule is Cc1ccc(C)c(S(=O)(=O)Nc2cc(S(C)(=O)=O)ccc2C)c1. The van der Waals surface area contributed by atoms with Crippen LogP contribution >= 0.6 is 0 Å². The molecule has 0 amide bonds. The van der Waals surface area contributed by atoms with Crippen molar-refractivity contribution in [2.45, 2.75) is 30.6 Å². The molecule has 0 aliphatic carbocycles. The summed E-state index contributed by atoms with van der Waals surface area (Å²) in [6.07, 6.45) is 1.08. The maximum absolute atomic E-state index is 12.6. The summed E-state index contributed by atoms with van der Waals surface area (Å²) >= 11 is 0. The van der Waals surface area contributed by atoms with Crippen molar-refractivity contribution in [3.05, 3.63) is 53.1 Å². The second-order valence-electron chi connectivity index (χ2n) is 5.62. The van der Waals surface area contributed by atoms with Crippen LogP contribution in [-0.2, 0) is 19.9 Å². The maximum Gasteiger partial charge on any atom is 0.262 e. The van der Waals surface area contributed by atoms with E-state index in [4.69, 9.17) is 0 Å². The molecule has 124 valence electrons. The summed E-state index contributed by atoms with van der Waals surface area (Å²) in [6.45, 7) is 5.24. The molecule has 0 unspecified atom stereocenters. The number of sulfone groups is 1. The molecule has 0 saturated carbocycles. The van der Waals surface area contributed by atoms with Crippen molar-refractivity contribution in [1.29, 1.82) is 0 Å². The molecule has 7 heteroatoms. The van der Waals surface area contributed by atoms with Gasteiger partial charge in [0.15, 0.2) is 9.84 Å². The second kappa shape index (κ2) is 5.98. The van der Waals surface area contributed by atoms with Crippen LogP contribution in [0.3, 0.4) is 0 Å². The quantitative estimate of drug-likeness (QED) is 0.916. The molecule has 1 N–H and O–H groups in total. The number of hydrogen-bond donors (Lipinski definition) is 1. The van der Waals surface area contributed by atoms with E-state index in [1.165, 1.54) is 12.1 Å². The van der Waals surface area contributed by atoms with E-state index in [1.54, 1.807) is 32.0 Å². The van der Waals surface area contributed by atoms with Gasteiger partial charge < -0.3 is 0 Å². The standard InChI is InChI=1S/C16H19NO4S2/c1-11-5-6-13(3)16(9-11)23(20,21)17-15-10-14(22(4,18)19)8-7-12(15)2/h5-10,17H,1-4H3. The minimum Gasteiger partial charge on any atom is -0.279 e. The molecular weight excluding hydrogens is 334 g/mol. The second-order valence-corrected chi connectivity index (χ2v) is 9.29. The normalized spacial score (nSPS) is 12.2. The Morgan fingerprint density at radius 1 is 0.826 bits per heavy atom. The van der Waals surface area contributed by atoms with Crippen molar-refractivity contribution >= 4 is 25.5 Å². The van der Waals surface area contributed by atoms with Crippen LogP contribution in [0.5, 0.6) is 0 Å². The van der Waals surface area contributed by atoms with Gasteiger partial charge in [-0.2, -0.15) is 0 Å². The van der Waals surface area contributed by atoms with Crippen LogP contribution in [0.2, 0.25) is 0 Å². The fraction of sp³-hybridized carbons (Fsp3) is 0.250. The van der Waals surface area contributed by atoms with Crippen LogP contribution in [0, 0.1) is 20.8 Å². The first kappa shape index (κ1) is 17.5. The van der Waals surface area contributed by atoms with E-state index in [-0.39, 0.29) is 15.5 Å². The van der Waals surface area contributed by atoms with Gasteiger partial charge in [-0.15, -0.1) is 0 Å². The predicted octanol–water partition coefficient (Wildman–Crippen LogP) is 2.82. The summed E-state index contributed by atoms with van der Waals surface area (Å²) in [5, 5.41) is 0. The topological polar surface area (TPSA) is 80.3 Å². The van der Waals surface area contributed by atoms with E-state index in [2.05, 4.69) is 4.72 Å². The molecule has 0 saturated heterocycles. The van der Waals surface area contributed by atoms with Crippen LogP contribution in [0.15, 0.2) is 46.2 Å². The van der Waals surface area contributed by atoms with E-state index < -0.39 is 19.9 Å². The van der Waals surface area contributed by atoms with Gasteiger partial charge in [0.25, 0.3) is 10.0 Å². The number of aryl methyl sites for hydroxylation is 3. The molecular formula is C16H19NO4S2. The first-order chi connectivity index (χ1) is 10.5. The molecule has 0 heterocycles. The van der Waals surface area contributed by atoms with Crippen molar-refractivity contribution in [2.24, 2.45) is 0 Å². The van der Waals surface area contributed by atoms with Crippen LogP contribution in [-0.4, -0.2) is 23.1 Å². The van der Waals surface area contributed by atoms with E-state index in [1.807, 2.05) is 13.0 Å². The zero-order valence-corrected chi connectivity index (χ0v) is 15.0. The third-order valence-corrected chi connectivity index (χ3v) is 6.13. The van der Waals surface area contributed by atoms with Gasteiger partial charge in [-0.05, 0) is 55.7 Å². The number of anilines is 1. The number of sulfonamides is 1. The molecule has 2 aromatic rings. The highest BCUT2D eigenvalue weighted by Crippen LogP contribution is 2.25. The van der Waals surface area contributed by atoms with E-state index in [0.717, 1.165) is 11.8 Å². The maximum atomic E-state index is 12.6. The fourth-order valence-corrected chi connectivity index (χ4v) is 4.24. The summed E-state index contributed by atoms with van der Waals surface area (Å²) in [5.41, 5.74) is 2.36. The van der Waals surface area contributed by atoms with E-state index >= 15 is 0 Å². The monoisotopic (exact) mass is 353 g/mol. The molecule has 2 rings (SSSR count). The van der Waals surface area contributed by atoms with Crippen LogP contribution in [0.4, 0.5) is 5.69 Å². The number of nitrogens with one attached hydrogen (secondary N) is 1. The third kappa shape index (κ3) is 3.92. The lowest BCUT2D eigenvalue weighted by atomic mass is 10.2. The predicted molar refractivity (Wildman–Crippen MR) is 91.0 cm³/mol. The molecule has 0 spiro atoms. The fourth-order valence-electron chi connectivity index (χ4n) is 2.14. The van der Waals surface area contributed by atoms with Gasteiger partial charge in [-0.3, -0.25) is 4.72 Å². The van der Waals surface area contributed by atoms with Gasteiger partial charge in [-0.1, -0.05) is 18.2 Å². The third-order valence-electron chi connectivity index (χ3n) is 3.51. The molecule has 0 fully saturated rings. The van der Waals surface area contributed by atoms with Gasteiger partial charge >= 0.3 is 0 Å². The highest BCUT2D eigenvalue weighted by Gasteiger charge is 2.19. The van der Waals surface area contributed by atoms with Crippen molar-refractivity contribution in [2.75, 3.05) is 11.0 Å². The average Bonchev–Trinajstić information content (AvgIpc) is 2.42. The largest absolute Gasteiger partial charge is 0.279 e. The van der Waals surface area contributed by atoms with Crippen molar-refractivity contribution in [3.8, 4) is 0 Å². The molecule has 0 radical (unpaired) electrons. The van der Waals surface area contributed by atoms with Crippen molar-refractivity contribution in [3.63, 3.8) is 0 Å². The lowest BCUT2D eigenvalue weighted by Gasteiger charge is -2.14. The van der Waals surface area contributed by atoms with Gasteiger partial charge in [0.05, 0.1) is 15.5 Å². The molecule has 0 atom stereocenters. The molecule has 23 heavy (non-hydrogen) atoms. The molecule has 2 aromatic carbocycles. The number of hydrogen-bond acceptors (Lipinski definition) is 4. The zero-order chi connectivity index (χ0) is 17.4. The average molecular weight is 353 g/mol. The summed E-state index contributed by atoms with van der Waals surface area (Å²) in [7, 11) is -7.21. The van der Waals surface area contributed by atoms with E-state index in [9.17, 15) is 16.8 Å². The first-order valence-electron chi connectivity index (χ1n) is 6.91. The summed E-state index contributed by atoms with van der Waals surface area (Å²) < 4.78 is 51.1. The summed E-state index contributed by atoms with van der Waals surface area (Å²) in [6, 6.07) is 9.55. The highest BCUT2D eigenvalue weighted by atomic mass is 32.2. The Balaban J connectivity index is 2.51. The van der Waals surface area contributed by atoms with Gasteiger partial charge in [0.2, 0.25) is 0 Å². The highest BCUT2D eigenvalue weighted by molar-refractivity contribution is 7.92. The summed E-state index contributed by atoms with van der Waals surface area (Å²) in [5.74, 6) is 0. The number of benzene rings is 2. The molecule has 5 nitrogen and oxygen atoms in total. The summed E-state index contributed by atoms with van der Waals surface area (Å²) in [4.78, 5) is 0.253. The van der Waals surface area contributed by atoms with Crippen molar-refractivity contribution < 1.29 is 16.8 Å². The Kier molecular flexibility index (Phi) is 4.54. The Bertz CT molecular complexity index is 962. The van der Waals surface area contributed by atoms with Crippen LogP contribution in [0.1, 0.15) is 16.7 Å². The van der Waals surface area contributed by atoms with Gasteiger partial charge in [0.1, 0.15) is 0 Å². The van der Waals surface area contributed by atoms with Crippen LogP contribution < -0.4 is 4.72 Å². The minimum absolute atomic E-state index is 0.0711. The molecule has 0 aromatic heterocycles. The smallest absolute Gasteiger partial charge is 0.262 e. The molecule has 0 aliphatic heterocycles.